The van der Waals surface area contributed by atoms with Gasteiger partial charge in [0.25, 0.3) is 0 Å². The molecule has 0 N–H and O–H groups in total. The number of fused-ring (bicyclic) bond motifs is 12. The van der Waals surface area contributed by atoms with E-state index in [0.717, 1.165) is 66.0 Å². The minimum absolute atomic E-state index is 0.565. The van der Waals surface area contributed by atoms with Gasteiger partial charge in [0.15, 0.2) is 11.6 Å². The van der Waals surface area contributed by atoms with Crippen molar-refractivity contribution >= 4 is 76.1 Å². The van der Waals surface area contributed by atoms with E-state index in [1.165, 1.54) is 32.3 Å². The van der Waals surface area contributed by atoms with Crippen LogP contribution in [0.15, 0.2) is 186 Å². The third-order valence-corrected chi connectivity index (χ3v) is 11.2. The molecule has 260 valence electrons. The summed E-state index contributed by atoms with van der Waals surface area (Å²) in [6, 6.07) is 63.9. The summed E-state index contributed by atoms with van der Waals surface area (Å²) < 4.78 is 8.79. The fraction of sp³-hybridized carbons (Fsp3) is 0. The highest BCUT2D eigenvalue weighted by Crippen LogP contribution is 2.42. The molecule has 56 heavy (non-hydrogen) atoms. The van der Waals surface area contributed by atoms with Crippen molar-refractivity contribution in [1.29, 1.82) is 0 Å². The van der Waals surface area contributed by atoms with E-state index in [1.54, 1.807) is 0 Å². The topological polar surface area (TPSA) is 56.7 Å². The van der Waals surface area contributed by atoms with E-state index >= 15 is 0 Å². The van der Waals surface area contributed by atoms with Gasteiger partial charge in [0.2, 0.25) is 5.95 Å². The predicted octanol–water partition coefficient (Wildman–Crippen LogP) is 13.3. The van der Waals surface area contributed by atoms with Crippen LogP contribution >= 0.6 is 0 Å². The van der Waals surface area contributed by atoms with Crippen molar-refractivity contribution in [3.8, 4) is 39.9 Å². The minimum Gasteiger partial charge on any atom is -0.456 e. The van der Waals surface area contributed by atoms with Crippen molar-refractivity contribution in [1.82, 2.24) is 19.5 Å². The van der Waals surface area contributed by atoms with Crippen molar-refractivity contribution in [2.75, 3.05) is 0 Å². The molecule has 0 radical (unpaired) electrons. The van der Waals surface area contributed by atoms with E-state index in [2.05, 4.69) is 156 Å². The molecule has 0 unspecified atom stereocenters. The number of hydrogen-bond donors (Lipinski definition) is 0. The molecular formula is C51H30N4O. The molecule has 0 bridgehead atoms. The van der Waals surface area contributed by atoms with Crippen LogP contribution in [-0.4, -0.2) is 19.5 Å². The van der Waals surface area contributed by atoms with E-state index in [-0.39, 0.29) is 0 Å². The molecule has 9 aromatic carbocycles. The van der Waals surface area contributed by atoms with Gasteiger partial charge in [-0.25, -0.2) is 4.98 Å². The van der Waals surface area contributed by atoms with E-state index in [9.17, 15) is 0 Å². The van der Waals surface area contributed by atoms with Crippen LogP contribution in [0.3, 0.4) is 0 Å². The third-order valence-electron chi connectivity index (χ3n) is 11.2. The largest absolute Gasteiger partial charge is 0.456 e. The van der Waals surface area contributed by atoms with Crippen LogP contribution in [-0.2, 0) is 0 Å². The zero-order valence-corrected chi connectivity index (χ0v) is 30.0. The van der Waals surface area contributed by atoms with Gasteiger partial charge in [-0.15, -0.1) is 0 Å². The number of furan rings is 1. The Labute approximate surface area is 320 Å². The van der Waals surface area contributed by atoms with E-state index in [4.69, 9.17) is 19.4 Å². The van der Waals surface area contributed by atoms with Gasteiger partial charge in [0.05, 0.1) is 11.0 Å². The second-order valence-electron chi connectivity index (χ2n) is 14.4. The number of rotatable bonds is 4. The first kappa shape index (κ1) is 30.8. The van der Waals surface area contributed by atoms with Crippen LogP contribution in [0.2, 0.25) is 0 Å². The van der Waals surface area contributed by atoms with E-state index in [0.29, 0.717) is 17.6 Å². The molecule has 0 atom stereocenters. The summed E-state index contributed by atoms with van der Waals surface area (Å²) in [5, 5.41) is 12.0. The van der Waals surface area contributed by atoms with Crippen LogP contribution in [0.5, 0.6) is 0 Å². The number of aromatic nitrogens is 4. The van der Waals surface area contributed by atoms with Crippen molar-refractivity contribution in [2.24, 2.45) is 0 Å². The first-order valence-electron chi connectivity index (χ1n) is 18.9. The van der Waals surface area contributed by atoms with Crippen LogP contribution in [0, 0.1) is 0 Å². The lowest BCUT2D eigenvalue weighted by Gasteiger charge is -2.12. The molecule has 0 fully saturated rings. The lowest BCUT2D eigenvalue weighted by Crippen LogP contribution is -2.06. The summed E-state index contributed by atoms with van der Waals surface area (Å²) in [6.07, 6.45) is 0. The first-order valence-corrected chi connectivity index (χ1v) is 18.9. The van der Waals surface area contributed by atoms with Gasteiger partial charge in [-0.2, -0.15) is 9.97 Å². The molecule has 5 heteroatoms. The van der Waals surface area contributed by atoms with E-state index in [1.807, 2.05) is 30.3 Å². The summed E-state index contributed by atoms with van der Waals surface area (Å²) in [5.41, 5.74) is 7.75. The van der Waals surface area contributed by atoms with E-state index < -0.39 is 0 Å². The van der Waals surface area contributed by atoms with Crippen LogP contribution in [0.4, 0.5) is 0 Å². The number of nitrogens with zero attached hydrogens (tertiary/aromatic N) is 4. The lowest BCUT2D eigenvalue weighted by atomic mass is 9.91. The third kappa shape index (κ3) is 4.58. The summed E-state index contributed by atoms with van der Waals surface area (Å²) in [5.74, 6) is 1.75. The van der Waals surface area contributed by atoms with Gasteiger partial charge in [-0.1, -0.05) is 146 Å². The predicted molar refractivity (Wildman–Crippen MR) is 230 cm³/mol. The Morgan fingerprint density at radius 2 is 0.875 bits per heavy atom. The molecule has 0 saturated heterocycles. The van der Waals surface area contributed by atoms with Crippen molar-refractivity contribution in [2.45, 2.75) is 0 Å². The maximum absolute atomic E-state index is 6.65. The quantitative estimate of drug-likeness (QED) is 0.170. The molecule has 0 aliphatic heterocycles. The Kier molecular flexibility index (Phi) is 6.56. The molecule has 3 heterocycles. The minimum atomic E-state index is 0.565. The maximum Gasteiger partial charge on any atom is 0.238 e. The van der Waals surface area contributed by atoms with Gasteiger partial charge < -0.3 is 4.42 Å². The monoisotopic (exact) mass is 714 g/mol. The summed E-state index contributed by atoms with van der Waals surface area (Å²) in [7, 11) is 0. The first-order chi connectivity index (χ1) is 27.8. The molecule has 12 rings (SSSR count). The van der Waals surface area contributed by atoms with Crippen LogP contribution < -0.4 is 0 Å². The number of para-hydroxylation sites is 2. The molecule has 12 aromatic rings. The Morgan fingerprint density at radius 3 is 1.55 bits per heavy atom. The summed E-state index contributed by atoms with van der Waals surface area (Å²) in [6.45, 7) is 0. The average Bonchev–Trinajstić information content (AvgIpc) is 3.82. The molecule has 0 saturated carbocycles. The summed E-state index contributed by atoms with van der Waals surface area (Å²) in [4.78, 5) is 15.3. The van der Waals surface area contributed by atoms with Gasteiger partial charge in [-0.05, 0) is 79.8 Å². The maximum atomic E-state index is 6.65. The summed E-state index contributed by atoms with van der Waals surface area (Å²) >= 11 is 0. The van der Waals surface area contributed by atoms with Crippen molar-refractivity contribution in [3.63, 3.8) is 0 Å². The smallest absolute Gasteiger partial charge is 0.238 e. The lowest BCUT2D eigenvalue weighted by molar-refractivity contribution is 0.669. The second kappa shape index (κ2) is 11.9. The highest BCUT2D eigenvalue weighted by Gasteiger charge is 2.20. The van der Waals surface area contributed by atoms with Crippen LogP contribution in [0.25, 0.3) is 116 Å². The highest BCUT2D eigenvalue weighted by atomic mass is 16.3. The highest BCUT2D eigenvalue weighted by molar-refractivity contribution is 6.26. The normalized spacial score (nSPS) is 11.9. The SMILES string of the molecule is c1ccc(-c2nc(-c3ccc4c(c3)oc3cccc(-c5ccc6c7ccccc7c7ccccc7c6c5)c34)nc(-n3c4ccccc4c4ccccc43)n2)cc1. The molecular weight excluding hydrogens is 685 g/mol. The molecule has 5 nitrogen and oxygen atoms in total. The molecule has 3 aromatic heterocycles. The second-order valence-corrected chi connectivity index (χ2v) is 14.4. The fourth-order valence-corrected chi connectivity index (χ4v) is 8.73. The van der Waals surface area contributed by atoms with Crippen molar-refractivity contribution in [3.05, 3.63) is 182 Å². The van der Waals surface area contributed by atoms with Crippen molar-refractivity contribution < 1.29 is 4.42 Å². The molecule has 0 spiro atoms. The number of hydrogen-bond acceptors (Lipinski definition) is 4. The molecule has 0 aliphatic carbocycles. The average molecular weight is 715 g/mol. The Morgan fingerprint density at radius 1 is 0.339 bits per heavy atom. The van der Waals surface area contributed by atoms with Gasteiger partial charge in [-0.3, -0.25) is 4.57 Å². The Hall–Kier alpha value is -7.63. The number of benzene rings is 9. The Bertz CT molecular complexity index is 3460. The fourth-order valence-electron chi connectivity index (χ4n) is 8.73. The Balaban J connectivity index is 1.05. The zero-order valence-electron chi connectivity index (χ0n) is 30.0. The zero-order chi connectivity index (χ0) is 36.7. The van der Waals surface area contributed by atoms with Gasteiger partial charge >= 0.3 is 0 Å². The molecule has 0 amide bonds. The van der Waals surface area contributed by atoms with Gasteiger partial charge in [0, 0.05) is 32.7 Å². The van der Waals surface area contributed by atoms with Gasteiger partial charge in [0.1, 0.15) is 11.2 Å². The van der Waals surface area contributed by atoms with Crippen LogP contribution in [0.1, 0.15) is 0 Å². The standard InChI is InChI=1S/C51H30N4O/c1-2-13-31(14-3-1)49-52-50(54-51(53-49)55-44-22-10-8-19-40(44)41-20-9-11-23-45(41)55)33-26-28-42-47(30-33)56-46-24-12-21-34(48(42)46)32-25-27-39-37-17-5-4-15-35(37)36-16-6-7-18-38(36)43(39)29-32/h1-30H. The molecule has 0 aliphatic rings.